The van der Waals surface area contributed by atoms with Crippen LogP contribution in [-0.2, 0) is 5.41 Å². The molecule has 0 heterocycles. The van der Waals surface area contributed by atoms with Crippen LogP contribution in [0.5, 0.6) is 0 Å². The minimum atomic E-state index is -0.0383. The minimum Gasteiger partial charge on any atom is -0.0622 e. The van der Waals surface area contributed by atoms with Crippen molar-refractivity contribution in [2.75, 3.05) is 0 Å². The molecular weight excluding hydrogens is 516 g/mol. The maximum absolute atomic E-state index is 2.47. The number of benzene rings is 8. The van der Waals surface area contributed by atoms with E-state index in [-0.39, 0.29) is 5.41 Å². The SMILES string of the molecule is CC1(C)c2ccccc2-c2cc3cc(-c4ccccc4)c(-c4c5ccccc5cc5c4ccc4ccccc45)cc3cc21. The van der Waals surface area contributed by atoms with Gasteiger partial charge in [0.1, 0.15) is 0 Å². The molecule has 0 aliphatic heterocycles. The van der Waals surface area contributed by atoms with Crippen molar-refractivity contribution in [3.63, 3.8) is 0 Å². The van der Waals surface area contributed by atoms with E-state index < -0.39 is 0 Å². The van der Waals surface area contributed by atoms with Gasteiger partial charge in [0.15, 0.2) is 0 Å². The third kappa shape index (κ3) is 3.50. The summed E-state index contributed by atoms with van der Waals surface area (Å²) in [7, 11) is 0. The number of hydrogen-bond acceptors (Lipinski definition) is 0. The van der Waals surface area contributed by atoms with Crippen LogP contribution in [0.2, 0.25) is 0 Å². The summed E-state index contributed by atoms with van der Waals surface area (Å²) in [4.78, 5) is 0. The largest absolute Gasteiger partial charge is 0.0622 e. The van der Waals surface area contributed by atoms with Gasteiger partial charge >= 0.3 is 0 Å². The first-order chi connectivity index (χ1) is 21.1. The van der Waals surface area contributed by atoms with Crippen LogP contribution < -0.4 is 0 Å². The van der Waals surface area contributed by atoms with Gasteiger partial charge in [-0.3, -0.25) is 0 Å². The summed E-state index contributed by atoms with van der Waals surface area (Å²) >= 11 is 0. The van der Waals surface area contributed by atoms with Gasteiger partial charge in [-0.05, 0) is 118 Å². The van der Waals surface area contributed by atoms with Gasteiger partial charge in [-0.25, -0.2) is 0 Å². The lowest BCUT2D eigenvalue weighted by Crippen LogP contribution is -2.14. The quantitative estimate of drug-likeness (QED) is 0.149. The second-order valence-electron chi connectivity index (χ2n) is 12.5. The number of fused-ring (bicyclic) bond motifs is 8. The van der Waals surface area contributed by atoms with Gasteiger partial charge in [0.05, 0.1) is 0 Å². The molecule has 0 N–H and O–H groups in total. The van der Waals surface area contributed by atoms with Crippen molar-refractivity contribution in [2.45, 2.75) is 19.3 Å². The zero-order valence-corrected chi connectivity index (χ0v) is 24.4. The standard InChI is InChI=1S/C43H30/c1-43(2)40-19-11-10-18-34(40)38-24-30-23-36(27-12-4-3-5-13-27)39(25-31(30)26-41(38)43)42-33-17-9-7-15-29(33)22-37-32-16-8-6-14-28(32)20-21-35(37)42/h3-26H,1-2H3. The third-order valence-corrected chi connectivity index (χ3v) is 9.80. The van der Waals surface area contributed by atoms with Crippen LogP contribution in [0.4, 0.5) is 0 Å². The van der Waals surface area contributed by atoms with Gasteiger partial charge in [0.25, 0.3) is 0 Å². The average Bonchev–Trinajstić information content (AvgIpc) is 3.28. The maximum Gasteiger partial charge on any atom is 0.0159 e. The van der Waals surface area contributed by atoms with E-state index in [1.165, 1.54) is 87.6 Å². The molecular formula is C43H30. The van der Waals surface area contributed by atoms with Crippen molar-refractivity contribution in [1.29, 1.82) is 0 Å². The van der Waals surface area contributed by atoms with Gasteiger partial charge in [-0.2, -0.15) is 0 Å². The predicted molar refractivity (Wildman–Crippen MR) is 185 cm³/mol. The Morgan fingerprint density at radius 1 is 0.349 bits per heavy atom. The Kier molecular flexibility index (Phi) is 5.05. The Morgan fingerprint density at radius 2 is 1.00 bits per heavy atom. The Balaban J connectivity index is 1.43. The zero-order valence-electron chi connectivity index (χ0n) is 24.4. The van der Waals surface area contributed by atoms with Crippen molar-refractivity contribution in [3.05, 3.63) is 157 Å². The van der Waals surface area contributed by atoms with Gasteiger partial charge < -0.3 is 0 Å². The fourth-order valence-corrected chi connectivity index (χ4v) is 7.67. The lowest BCUT2D eigenvalue weighted by Gasteiger charge is -2.22. The molecule has 8 aromatic carbocycles. The molecule has 0 fully saturated rings. The molecule has 43 heavy (non-hydrogen) atoms. The van der Waals surface area contributed by atoms with E-state index in [1.54, 1.807) is 0 Å². The Morgan fingerprint density at radius 3 is 1.86 bits per heavy atom. The second-order valence-corrected chi connectivity index (χ2v) is 12.5. The van der Waals surface area contributed by atoms with E-state index in [1.807, 2.05) is 0 Å². The summed E-state index contributed by atoms with van der Waals surface area (Å²) in [5.74, 6) is 0. The fraction of sp³-hybridized carbons (Fsp3) is 0.0698. The molecule has 0 unspecified atom stereocenters. The molecule has 1 aliphatic rings. The minimum absolute atomic E-state index is 0.0383. The van der Waals surface area contributed by atoms with E-state index in [2.05, 4.69) is 159 Å². The van der Waals surface area contributed by atoms with Crippen molar-refractivity contribution >= 4 is 43.1 Å². The van der Waals surface area contributed by atoms with Gasteiger partial charge in [0.2, 0.25) is 0 Å². The Bertz CT molecular complexity index is 2410. The second kappa shape index (κ2) is 8.90. The maximum atomic E-state index is 2.47. The highest BCUT2D eigenvalue weighted by Crippen LogP contribution is 2.51. The number of rotatable bonds is 2. The van der Waals surface area contributed by atoms with Crippen molar-refractivity contribution in [2.24, 2.45) is 0 Å². The van der Waals surface area contributed by atoms with Crippen LogP contribution in [0.25, 0.3) is 76.5 Å². The molecule has 0 saturated carbocycles. The highest BCUT2D eigenvalue weighted by Gasteiger charge is 2.35. The summed E-state index contributed by atoms with van der Waals surface area (Å²) in [6, 6.07) is 54.3. The van der Waals surface area contributed by atoms with Crippen LogP contribution in [0.3, 0.4) is 0 Å². The summed E-state index contributed by atoms with van der Waals surface area (Å²) in [5, 5.41) is 10.3. The van der Waals surface area contributed by atoms with E-state index in [0.29, 0.717) is 0 Å². The third-order valence-electron chi connectivity index (χ3n) is 9.80. The van der Waals surface area contributed by atoms with E-state index in [0.717, 1.165) is 0 Å². The van der Waals surface area contributed by atoms with Crippen LogP contribution in [-0.4, -0.2) is 0 Å². The normalized spacial score (nSPS) is 13.5. The topological polar surface area (TPSA) is 0 Å². The first-order valence-electron chi connectivity index (χ1n) is 15.2. The Hall–Kier alpha value is -5.20. The summed E-state index contributed by atoms with van der Waals surface area (Å²) in [6.07, 6.45) is 0. The van der Waals surface area contributed by atoms with Crippen molar-refractivity contribution in [1.82, 2.24) is 0 Å². The lowest BCUT2D eigenvalue weighted by atomic mass is 9.81. The first kappa shape index (κ1) is 24.4. The molecule has 0 atom stereocenters. The molecule has 8 aromatic rings. The molecule has 202 valence electrons. The van der Waals surface area contributed by atoms with E-state index in [9.17, 15) is 0 Å². The van der Waals surface area contributed by atoms with E-state index in [4.69, 9.17) is 0 Å². The predicted octanol–water partition coefficient (Wildman–Crippen LogP) is 11.9. The van der Waals surface area contributed by atoms with Crippen LogP contribution >= 0.6 is 0 Å². The molecule has 0 saturated heterocycles. The monoisotopic (exact) mass is 546 g/mol. The lowest BCUT2D eigenvalue weighted by molar-refractivity contribution is 0.661. The molecule has 0 bridgehead atoms. The van der Waals surface area contributed by atoms with Gasteiger partial charge in [-0.15, -0.1) is 0 Å². The molecule has 0 heteroatoms. The Labute approximate surface area is 251 Å². The molecule has 0 radical (unpaired) electrons. The highest BCUT2D eigenvalue weighted by molar-refractivity contribution is 6.21. The van der Waals surface area contributed by atoms with Crippen LogP contribution in [0.15, 0.2) is 146 Å². The highest BCUT2D eigenvalue weighted by atomic mass is 14.4. The first-order valence-corrected chi connectivity index (χ1v) is 15.2. The smallest absolute Gasteiger partial charge is 0.0159 e. The fourth-order valence-electron chi connectivity index (χ4n) is 7.67. The summed E-state index contributed by atoms with van der Waals surface area (Å²) in [5.41, 5.74) is 10.6. The molecule has 1 aliphatic carbocycles. The number of hydrogen-bond donors (Lipinski definition) is 0. The summed E-state index contributed by atoms with van der Waals surface area (Å²) in [6.45, 7) is 4.73. The van der Waals surface area contributed by atoms with E-state index >= 15 is 0 Å². The summed E-state index contributed by atoms with van der Waals surface area (Å²) < 4.78 is 0. The van der Waals surface area contributed by atoms with Crippen molar-refractivity contribution in [3.8, 4) is 33.4 Å². The molecule has 0 spiro atoms. The molecule has 0 aromatic heterocycles. The van der Waals surface area contributed by atoms with Crippen molar-refractivity contribution < 1.29 is 0 Å². The zero-order chi connectivity index (χ0) is 28.7. The molecule has 0 nitrogen and oxygen atoms in total. The molecule has 0 amide bonds. The average molecular weight is 547 g/mol. The molecule has 9 rings (SSSR count). The van der Waals surface area contributed by atoms with Crippen LogP contribution in [0.1, 0.15) is 25.0 Å². The van der Waals surface area contributed by atoms with Gasteiger partial charge in [0, 0.05) is 5.41 Å². The van der Waals surface area contributed by atoms with Gasteiger partial charge in [-0.1, -0.05) is 129 Å². The van der Waals surface area contributed by atoms with Crippen LogP contribution in [0, 0.1) is 0 Å².